The van der Waals surface area contributed by atoms with Crippen molar-refractivity contribution in [3.8, 4) is 0 Å². The molecule has 6 aliphatic rings. The maximum Gasteiger partial charge on any atom is 0.128 e. The third-order valence-electron chi connectivity index (χ3n) is 16.8. The van der Waals surface area contributed by atoms with Crippen LogP contribution in [0.1, 0.15) is 120 Å². The largest absolute Gasteiger partial charge is 0.128 e. The van der Waals surface area contributed by atoms with Gasteiger partial charge >= 0.3 is 0 Å². The molecule has 0 amide bonds. The number of rotatable bonds is 10. The van der Waals surface area contributed by atoms with Crippen LogP contribution in [0.5, 0.6) is 0 Å². The molecule has 2 aromatic carbocycles. The van der Waals surface area contributed by atoms with Crippen LogP contribution in [0.2, 0.25) is 11.1 Å². The van der Waals surface area contributed by atoms with Gasteiger partial charge in [-0.15, -0.1) is 6.58 Å². The molecule has 8 unspecified atom stereocenters. The second-order valence-electron chi connectivity index (χ2n) is 22.1. The van der Waals surface area contributed by atoms with E-state index in [-0.39, 0.29) is 21.7 Å². The molecule has 3 fully saturated rings. The molecule has 0 nitrogen and oxygen atoms in total. The van der Waals surface area contributed by atoms with Gasteiger partial charge in [0.2, 0.25) is 0 Å². The normalized spacial score (nSPS) is 33.1. The van der Waals surface area contributed by atoms with Crippen molar-refractivity contribution in [3.63, 3.8) is 0 Å². The summed E-state index contributed by atoms with van der Waals surface area (Å²) in [7, 11) is -2.66. The first-order chi connectivity index (χ1) is 27.1. The van der Waals surface area contributed by atoms with Gasteiger partial charge in [0.15, 0.2) is 0 Å². The third kappa shape index (κ3) is 6.98. The van der Waals surface area contributed by atoms with Gasteiger partial charge in [0.05, 0.1) is 0 Å². The molecule has 57 heavy (non-hydrogen) atoms. The van der Waals surface area contributed by atoms with Crippen LogP contribution in [0, 0.1) is 57.2 Å². The molecular weight excluding hydrogens is 701 g/mol. The monoisotopic (exact) mass is 775 g/mol. The topological polar surface area (TPSA) is 0 Å². The number of unbranched alkanes of at least 4 members (excludes halogenated alkanes) is 2. The highest BCUT2D eigenvalue weighted by molar-refractivity contribution is 7.04. The van der Waals surface area contributed by atoms with Crippen molar-refractivity contribution in [2.24, 2.45) is 57.2 Å². The van der Waals surface area contributed by atoms with Crippen LogP contribution in [0.25, 0.3) is 0 Å². The van der Waals surface area contributed by atoms with E-state index in [1.54, 1.807) is 32.7 Å². The van der Waals surface area contributed by atoms with Crippen molar-refractivity contribution in [2.75, 3.05) is 0 Å². The lowest BCUT2D eigenvalue weighted by molar-refractivity contribution is 0.236. The van der Waals surface area contributed by atoms with Crippen LogP contribution in [-0.2, 0) is 0 Å². The van der Waals surface area contributed by atoms with Crippen LogP contribution < -0.4 is 10.4 Å². The molecule has 0 heterocycles. The molecule has 6 aliphatic carbocycles. The Morgan fingerprint density at radius 1 is 0.579 bits per heavy atom. The fourth-order valence-electron chi connectivity index (χ4n) is 13.4. The summed E-state index contributed by atoms with van der Waals surface area (Å²) in [5.74, 6) is 3.21. The molecule has 302 valence electrons. The number of hydrogen-bond acceptors (Lipinski definition) is 0. The lowest BCUT2D eigenvalue weighted by Crippen LogP contribution is -2.67. The predicted octanol–water partition coefficient (Wildman–Crippen LogP) is 14.4. The van der Waals surface area contributed by atoms with Crippen LogP contribution in [-0.4, -0.2) is 8.07 Å². The SMILES string of the molecule is C=CCCCCC1CC([Si](c2ccccc2)(c2ccccc2)C2C=C3C(=CC2C2C=C4C(=CC2C)C(C)(C)CCC4(C)C)C(C)(C)CCC3(C)C)C2C=CC=CC12. The molecule has 0 spiro atoms. The van der Waals surface area contributed by atoms with E-state index in [1.807, 2.05) is 0 Å². The average molecular weight is 775 g/mol. The Hall–Kier alpha value is -3.16. The highest BCUT2D eigenvalue weighted by Gasteiger charge is 2.61. The number of benzene rings is 2. The minimum atomic E-state index is -2.66. The fourth-order valence-corrected chi connectivity index (χ4v) is 20.3. The zero-order valence-electron chi connectivity index (χ0n) is 37.2. The standard InChI is InChI=1S/C56H74Si/c1-11-12-13-16-23-40-35-51(44-29-22-21-28-43(40)44)57(41-24-17-14-18-25-41,42-26-19-15-20-27-42)52-38-50-49(55(7,8)32-33-56(50,9)10)37-46(52)45-36-48-47(34-39(45)2)53(3,4)30-31-54(48,5)6/h11,14-15,17-22,24-29,34,36-40,43-46,51-52H,1,12-13,16,23,30-33,35H2,2-10H3. The predicted molar refractivity (Wildman–Crippen MR) is 250 cm³/mol. The van der Waals surface area contributed by atoms with Gasteiger partial charge in [-0.25, -0.2) is 0 Å². The van der Waals surface area contributed by atoms with Crippen LogP contribution in [0.4, 0.5) is 0 Å². The first-order valence-electron chi connectivity index (χ1n) is 23.1. The van der Waals surface area contributed by atoms with Crippen molar-refractivity contribution in [2.45, 2.75) is 131 Å². The van der Waals surface area contributed by atoms with Crippen molar-refractivity contribution in [3.05, 3.63) is 144 Å². The molecule has 2 aromatic rings. The molecule has 0 radical (unpaired) electrons. The zero-order chi connectivity index (χ0) is 40.4. The Kier molecular flexibility index (Phi) is 10.8. The maximum absolute atomic E-state index is 4.06. The van der Waals surface area contributed by atoms with E-state index in [0.717, 1.165) is 6.42 Å². The van der Waals surface area contributed by atoms with E-state index in [0.29, 0.717) is 46.6 Å². The van der Waals surface area contributed by atoms with Gasteiger partial charge in [-0.1, -0.05) is 194 Å². The van der Waals surface area contributed by atoms with Crippen molar-refractivity contribution < 1.29 is 0 Å². The Balaban J connectivity index is 1.40. The van der Waals surface area contributed by atoms with Gasteiger partial charge < -0.3 is 0 Å². The van der Waals surface area contributed by atoms with E-state index in [2.05, 4.69) is 184 Å². The molecule has 0 N–H and O–H groups in total. The molecule has 1 heteroatoms. The minimum Gasteiger partial charge on any atom is -0.103 e. The Bertz CT molecular complexity index is 1950. The molecule has 0 saturated heterocycles. The molecule has 8 rings (SSSR count). The maximum atomic E-state index is 4.06. The lowest BCUT2D eigenvalue weighted by Gasteiger charge is -2.55. The minimum absolute atomic E-state index is 0.149. The van der Waals surface area contributed by atoms with E-state index < -0.39 is 8.07 Å². The highest BCUT2D eigenvalue weighted by atomic mass is 28.3. The molecular formula is C56H74Si. The van der Waals surface area contributed by atoms with Crippen LogP contribution in [0.15, 0.2) is 144 Å². The Morgan fingerprint density at radius 2 is 1.05 bits per heavy atom. The number of fused-ring (bicyclic) bond motifs is 3. The first kappa shape index (κ1) is 40.6. The van der Waals surface area contributed by atoms with Gasteiger partial charge in [-0.3, -0.25) is 0 Å². The Labute approximate surface area is 349 Å². The van der Waals surface area contributed by atoms with Gasteiger partial charge in [-0.2, -0.15) is 0 Å². The summed E-state index contributed by atoms with van der Waals surface area (Å²) in [4.78, 5) is 0. The molecule has 8 atom stereocenters. The van der Waals surface area contributed by atoms with Crippen molar-refractivity contribution in [1.82, 2.24) is 0 Å². The van der Waals surface area contributed by atoms with Crippen molar-refractivity contribution in [1.29, 1.82) is 0 Å². The summed E-state index contributed by atoms with van der Waals surface area (Å²) in [6, 6.07) is 24.4. The Morgan fingerprint density at radius 3 is 1.58 bits per heavy atom. The van der Waals surface area contributed by atoms with E-state index in [9.17, 15) is 0 Å². The molecule has 3 saturated carbocycles. The van der Waals surface area contributed by atoms with E-state index >= 15 is 0 Å². The van der Waals surface area contributed by atoms with Crippen LogP contribution in [0.3, 0.4) is 0 Å². The second kappa shape index (κ2) is 15.1. The van der Waals surface area contributed by atoms with Crippen molar-refractivity contribution >= 4 is 18.4 Å². The van der Waals surface area contributed by atoms with E-state index in [4.69, 9.17) is 0 Å². The van der Waals surface area contributed by atoms with Gasteiger partial charge in [0.25, 0.3) is 0 Å². The summed E-state index contributed by atoms with van der Waals surface area (Å²) in [5, 5.41) is 3.30. The van der Waals surface area contributed by atoms with E-state index in [1.165, 1.54) is 51.4 Å². The van der Waals surface area contributed by atoms with Gasteiger partial charge in [0, 0.05) is 0 Å². The first-order valence-corrected chi connectivity index (χ1v) is 25.2. The van der Waals surface area contributed by atoms with Crippen LogP contribution >= 0.6 is 0 Å². The molecule has 0 bridgehead atoms. The van der Waals surface area contributed by atoms with Gasteiger partial charge in [-0.05, 0) is 142 Å². The summed E-state index contributed by atoms with van der Waals surface area (Å²) in [5.41, 5.74) is 8.39. The second-order valence-corrected chi connectivity index (χ2v) is 26.4. The summed E-state index contributed by atoms with van der Waals surface area (Å²) in [6.07, 6.45) is 35.2. The zero-order valence-corrected chi connectivity index (χ0v) is 38.2. The number of allylic oxidation sites excluding steroid dienone is 13. The third-order valence-corrected chi connectivity index (χ3v) is 22.8. The highest BCUT2D eigenvalue weighted by Crippen LogP contribution is 2.64. The van der Waals surface area contributed by atoms with Gasteiger partial charge in [0.1, 0.15) is 8.07 Å². The average Bonchev–Trinajstić information content (AvgIpc) is 3.56. The lowest BCUT2D eigenvalue weighted by atomic mass is 9.55. The molecule has 0 aliphatic heterocycles. The molecule has 0 aromatic heterocycles. The summed E-state index contributed by atoms with van der Waals surface area (Å²) >= 11 is 0. The summed E-state index contributed by atoms with van der Waals surface area (Å²) in [6.45, 7) is 27.0. The fraction of sp³-hybridized carbons (Fsp3) is 0.536. The number of hydrogen-bond donors (Lipinski definition) is 0. The smallest absolute Gasteiger partial charge is 0.103 e. The summed E-state index contributed by atoms with van der Waals surface area (Å²) < 4.78 is 0. The quantitative estimate of drug-likeness (QED) is 0.128.